The number of carboxylic acids is 2. The van der Waals surface area contributed by atoms with Crippen LogP contribution in [0.25, 0.3) is 0 Å². The third-order valence-corrected chi connectivity index (χ3v) is 2.20. The van der Waals surface area contributed by atoms with Gasteiger partial charge in [-0.05, 0) is 26.2 Å². The van der Waals surface area contributed by atoms with Gasteiger partial charge in [0, 0.05) is 39.3 Å². The number of carboxylic acid groups (broad SMARTS) is 2. The highest BCUT2D eigenvalue weighted by Gasteiger charge is 1.95. The van der Waals surface area contributed by atoms with E-state index in [1.165, 1.54) is 0 Å². The van der Waals surface area contributed by atoms with E-state index in [0.717, 1.165) is 19.4 Å². The zero-order chi connectivity index (χ0) is 15.6. The first-order valence-electron chi connectivity index (χ1n) is 7.13. The quantitative estimate of drug-likeness (QED) is 0.537. The molecular formula is C14H28O6. The molecule has 0 atom stereocenters. The highest BCUT2D eigenvalue weighted by atomic mass is 16.5. The fourth-order valence-electron chi connectivity index (χ4n) is 1.14. The summed E-state index contributed by atoms with van der Waals surface area (Å²) in [5, 5.41) is 16.4. The topological polar surface area (TPSA) is 93.1 Å². The lowest BCUT2D eigenvalue weighted by Crippen LogP contribution is -2.00. The van der Waals surface area contributed by atoms with Gasteiger partial charge in [0.15, 0.2) is 0 Å². The van der Waals surface area contributed by atoms with Crippen LogP contribution in [0.15, 0.2) is 0 Å². The van der Waals surface area contributed by atoms with Gasteiger partial charge in [-0.2, -0.15) is 0 Å². The second-order valence-electron chi connectivity index (χ2n) is 4.16. The fraction of sp³-hybridized carbons (Fsp3) is 0.857. The van der Waals surface area contributed by atoms with Crippen molar-refractivity contribution < 1.29 is 29.3 Å². The average Bonchev–Trinajstić information content (AvgIpc) is 2.39. The van der Waals surface area contributed by atoms with Crippen LogP contribution in [-0.2, 0) is 19.1 Å². The molecule has 2 N–H and O–H groups in total. The minimum atomic E-state index is -0.755. The second-order valence-corrected chi connectivity index (χ2v) is 4.16. The third-order valence-electron chi connectivity index (χ3n) is 2.20. The summed E-state index contributed by atoms with van der Waals surface area (Å²) in [6, 6.07) is 0. The minimum Gasteiger partial charge on any atom is -0.481 e. The number of unbranched alkanes of at least 4 members (excludes halogenated alkanes) is 1. The van der Waals surface area contributed by atoms with Crippen molar-refractivity contribution in [3.63, 3.8) is 0 Å². The van der Waals surface area contributed by atoms with Gasteiger partial charge in [0.05, 0.1) is 0 Å². The molecule has 6 nitrogen and oxygen atoms in total. The SMILES string of the molecule is CCCCOCCCC(=O)O.CCOCCCC(=O)O. The van der Waals surface area contributed by atoms with Crippen LogP contribution in [0, 0.1) is 0 Å². The van der Waals surface area contributed by atoms with Crippen LogP contribution in [0.5, 0.6) is 0 Å². The Hall–Kier alpha value is -1.14. The first-order valence-corrected chi connectivity index (χ1v) is 7.13. The van der Waals surface area contributed by atoms with Crippen LogP contribution in [0.2, 0.25) is 0 Å². The van der Waals surface area contributed by atoms with Gasteiger partial charge in [-0.25, -0.2) is 0 Å². The molecule has 120 valence electrons. The minimum absolute atomic E-state index is 0.208. The van der Waals surface area contributed by atoms with Crippen molar-refractivity contribution in [2.24, 2.45) is 0 Å². The molecule has 0 bridgehead atoms. The molecule has 0 saturated carbocycles. The lowest BCUT2D eigenvalue weighted by Gasteiger charge is -2.00. The average molecular weight is 292 g/mol. The third kappa shape index (κ3) is 25.6. The Kier molecular flexibility index (Phi) is 18.9. The Labute approximate surface area is 121 Å². The molecule has 0 aliphatic heterocycles. The van der Waals surface area contributed by atoms with Crippen LogP contribution in [0.1, 0.15) is 52.4 Å². The zero-order valence-electron chi connectivity index (χ0n) is 12.6. The van der Waals surface area contributed by atoms with Crippen molar-refractivity contribution >= 4 is 11.9 Å². The van der Waals surface area contributed by atoms with E-state index >= 15 is 0 Å². The second kappa shape index (κ2) is 17.9. The smallest absolute Gasteiger partial charge is 0.303 e. The predicted molar refractivity (Wildman–Crippen MR) is 76.0 cm³/mol. The van der Waals surface area contributed by atoms with Crippen LogP contribution in [0.4, 0.5) is 0 Å². The van der Waals surface area contributed by atoms with Crippen molar-refractivity contribution in [3.8, 4) is 0 Å². The van der Waals surface area contributed by atoms with Gasteiger partial charge in [-0.15, -0.1) is 0 Å². The molecule has 6 heteroatoms. The number of rotatable bonds is 12. The number of aliphatic carboxylic acids is 2. The van der Waals surface area contributed by atoms with Gasteiger partial charge in [0.1, 0.15) is 0 Å². The Morgan fingerprint density at radius 1 is 0.800 bits per heavy atom. The van der Waals surface area contributed by atoms with Crippen molar-refractivity contribution in [2.75, 3.05) is 26.4 Å². The number of hydrogen-bond donors (Lipinski definition) is 2. The molecule has 0 aliphatic carbocycles. The Morgan fingerprint density at radius 2 is 1.25 bits per heavy atom. The van der Waals surface area contributed by atoms with Gasteiger partial charge in [0.25, 0.3) is 0 Å². The number of hydrogen-bond acceptors (Lipinski definition) is 4. The van der Waals surface area contributed by atoms with E-state index in [0.29, 0.717) is 32.7 Å². The van der Waals surface area contributed by atoms with Crippen LogP contribution < -0.4 is 0 Å². The van der Waals surface area contributed by atoms with E-state index in [9.17, 15) is 9.59 Å². The van der Waals surface area contributed by atoms with Crippen molar-refractivity contribution in [1.82, 2.24) is 0 Å². The van der Waals surface area contributed by atoms with E-state index < -0.39 is 11.9 Å². The highest BCUT2D eigenvalue weighted by Crippen LogP contribution is 1.92. The van der Waals surface area contributed by atoms with Crippen LogP contribution in [0.3, 0.4) is 0 Å². The van der Waals surface area contributed by atoms with E-state index in [4.69, 9.17) is 19.7 Å². The standard InChI is InChI=1S/C8H16O3.C6H12O3/c1-2-3-6-11-7-4-5-8(9)10;1-2-9-5-3-4-6(7)8/h2-7H2,1H3,(H,9,10);2-5H2,1H3,(H,7,8). The molecule has 0 amide bonds. The molecule has 0 radical (unpaired) electrons. The molecule has 0 rings (SSSR count). The van der Waals surface area contributed by atoms with Gasteiger partial charge in [-0.3, -0.25) is 9.59 Å². The molecule has 20 heavy (non-hydrogen) atoms. The molecule has 0 fully saturated rings. The maximum absolute atomic E-state index is 10.0. The van der Waals surface area contributed by atoms with Gasteiger partial charge in [-0.1, -0.05) is 13.3 Å². The Morgan fingerprint density at radius 3 is 1.65 bits per heavy atom. The van der Waals surface area contributed by atoms with Crippen LogP contribution in [-0.4, -0.2) is 48.6 Å². The van der Waals surface area contributed by atoms with Gasteiger partial charge >= 0.3 is 11.9 Å². The van der Waals surface area contributed by atoms with E-state index in [2.05, 4.69) is 6.92 Å². The predicted octanol–water partition coefficient (Wildman–Crippen LogP) is 2.56. The fourth-order valence-corrected chi connectivity index (χ4v) is 1.14. The summed E-state index contributed by atoms with van der Waals surface area (Å²) >= 11 is 0. The number of carbonyl (C=O) groups is 2. The molecule has 0 aromatic heterocycles. The lowest BCUT2D eigenvalue weighted by molar-refractivity contribution is -0.138. The molecule has 0 aromatic rings. The monoisotopic (exact) mass is 292 g/mol. The maximum Gasteiger partial charge on any atom is 0.303 e. The molecule has 0 saturated heterocycles. The summed E-state index contributed by atoms with van der Waals surface area (Å²) in [6.45, 7) is 6.55. The van der Waals surface area contributed by atoms with Crippen molar-refractivity contribution in [3.05, 3.63) is 0 Å². The van der Waals surface area contributed by atoms with Gasteiger partial charge in [0.2, 0.25) is 0 Å². The summed E-state index contributed by atoms with van der Waals surface area (Å²) < 4.78 is 10.1. The number of ether oxygens (including phenoxy) is 2. The molecule has 0 unspecified atom stereocenters. The van der Waals surface area contributed by atoms with Gasteiger partial charge < -0.3 is 19.7 Å². The first kappa shape index (κ1) is 21.2. The Balaban J connectivity index is 0. The van der Waals surface area contributed by atoms with Crippen molar-refractivity contribution in [1.29, 1.82) is 0 Å². The van der Waals surface area contributed by atoms with Crippen molar-refractivity contribution in [2.45, 2.75) is 52.4 Å². The summed E-state index contributed by atoms with van der Waals surface area (Å²) in [4.78, 5) is 19.9. The summed E-state index contributed by atoms with van der Waals surface area (Å²) in [5.41, 5.74) is 0. The molecule has 0 heterocycles. The van der Waals surface area contributed by atoms with E-state index in [1.54, 1.807) is 0 Å². The summed E-state index contributed by atoms with van der Waals surface area (Å²) in [5.74, 6) is -1.50. The highest BCUT2D eigenvalue weighted by molar-refractivity contribution is 5.66. The molecular weight excluding hydrogens is 264 g/mol. The van der Waals surface area contributed by atoms with Crippen LogP contribution >= 0.6 is 0 Å². The Bertz CT molecular complexity index is 230. The lowest BCUT2D eigenvalue weighted by atomic mass is 10.3. The first-order chi connectivity index (χ1) is 9.54. The van der Waals surface area contributed by atoms with E-state index in [-0.39, 0.29) is 12.8 Å². The molecule has 0 spiro atoms. The zero-order valence-corrected chi connectivity index (χ0v) is 12.6. The maximum atomic E-state index is 10.0. The molecule has 0 aromatic carbocycles. The summed E-state index contributed by atoms with van der Waals surface area (Å²) in [6.07, 6.45) is 3.85. The largest absolute Gasteiger partial charge is 0.481 e. The molecule has 0 aliphatic rings. The summed E-state index contributed by atoms with van der Waals surface area (Å²) in [7, 11) is 0. The normalized spacial score (nSPS) is 9.70. The van der Waals surface area contributed by atoms with E-state index in [1.807, 2.05) is 6.92 Å².